The molecule has 0 saturated carbocycles. The standard InChI is InChI=1S/C17H15N3O4S/c1-8-5-12(6-9(2)14(8)24-11(4)21)7-13-16(23)20-17(25-13)18-15(22)10(3)19-20/h5-7H,1-4H3/b13-7+. The van der Waals surface area contributed by atoms with Crippen LogP contribution in [0.5, 0.6) is 5.75 Å². The first-order chi connectivity index (χ1) is 11.8. The number of nitrogens with zero attached hydrogens (tertiary/aromatic N) is 3. The smallest absolute Gasteiger partial charge is 0.308 e. The van der Waals surface area contributed by atoms with Crippen molar-refractivity contribution in [2.45, 2.75) is 27.7 Å². The second kappa shape index (κ2) is 6.21. The van der Waals surface area contributed by atoms with Crippen LogP contribution in [0.2, 0.25) is 0 Å². The molecule has 0 N–H and O–H groups in total. The molecule has 0 aliphatic rings. The summed E-state index contributed by atoms with van der Waals surface area (Å²) in [5, 5.41) is 3.98. The lowest BCUT2D eigenvalue weighted by Crippen LogP contribution is -2.27. The van der Waals surface area contributed by atoms with E-state index in [1.54, 1.807) is 6.08 Å². The van der Waals surface area contributed by atoms with Crippen molar-refractivity contribution in [1.82, 2.24) is 14.6 Å². The SMILES string of the molecule is CC(=O)Oc1c(C)cc(/C=c2/sc3nc(=O)c(C)nn3c2=O)cc1C. The number of thiazole rings is 1. The highest BCUT2D eigenvalue weighted by molar-refractivity contribution is 7.15. The van der Waals surface area contributed by atoms with Gasteiger partial charge >= 0.3 is 5.97 Å². The first-order valence-corrected chi connectivity index (χ1v) is 8.30. The topological polar surface area (TPSA) is 90.6 Å². The van der Waals surface area contributed by atoms with Gasteiger partial charge in [0.05, 0.1) is 4.53 Å². The Morgan fingerprint density at radius 2 is 1.84 bits per heavy atom. The second-order valence-electron chi connectivity index (χ2n) is 5.69. The predicted molar refractivity (Wildman–Crippen MR) is 94.2 cm³/mol. The Morgan fingerprint density at radius 1 is 1.20 bits per heavy atom. The van der Waals surface area contributed by atoms with Crippen LogP contribution in [-0.4, -0.2) is 20.6 Å². The Labute approximate surface area is 146 Å². The van der Waals surface area contributed by atoms with Gasteiger partial charge in [0.1, 0.15) is 11.4 Å². The van der Waals surface area contributed by atoms with Crippen molar-refractivity contribution in [3.63, 3.8) is 0 Å². The molecular weight excluding hydrogens is 342 g/mol. The summed E-state index contributed by atoms with van der Waals surface area (Å²) in [7, 11) is 0. The minimum absolute atomic E-state index is 0.177. The molecule has 0 atom stereocenters. The molecule has 0 fully saturated rings. The number of aryl methyl sites for hydroxylation is 3. The van der Waals surface area contributed by atoms with Gasteiger partial charge < -0.3 is 4.74 Å². The highest BCUT2D eigenvalue weighted by atomic mass is 32.1. The fourth-order valence-corrected chi connectivity index (χ4v) is 3.41. The zero-order chi connectivity index (χ0) is 18.3. The lowest BCUT2D eigenvalue weighted by molar-refractivity contribution is -0.131. The zero-order valence-corrected chi connectivity index (χ0v) is 14.9. The summed E-state index contributed by atoms with van der Waals surface area (Å²) in [5.74, 6) is 0.138. The molecule has 0 radical (unpaired) electrons. The van der Waals surface area contributed by atoms with E-state index >= 15 is 0 Å². The molecule has 0 bridgehead atoms. The van der Waals surface area contributed by atoms with E-state index in [1.807, 2.05) is 26.0 Å². The van der Waals surface area contributed by atoms with Crippen molar-refractivity contribution in [2.75, 3.05) is 0 Å². The molecule has 0 aliphatic carbocycles. The summed E-state index contributed by atoms with van der Waals surface area (Å²) in [6.45, 7) is 6.53. The molecule has 0 amide bonds. The monoisotopic (exact) mass is 357 g/mol. The summed E-state index contributed by atoms with van der Waals surface area (Å²) < 4.78 is 6.77. The highest BCUT2D eigenvalue weighted by Crippen LogP contribution is 2.25. The van der Waals surface area contributed by atoms with Gasteiger partial charge in [-0.3, -0.25) is 14.4 Å². The van der Waals surface area contributed by atoms with Gasteiger partial charge in [0.2, 0.25) is 4.96 Å². The number of benzene rings is 1. The summed E-state index contributed by atoms with van der Waals surface area (Å²) in [6, 6.07) is 3.65. The van der Waals surface area contributed by atoms with Crippen molar-refractivity contribution >= 4 is 28.3 Å². The third-order valence-corrected chi connectivity index (χ3v) is 4.53. The van der Waals surface area contributed by atoms with Gasteiger partial charge in [0, 0.05) is 6.92 Å². The number of esters is 1. The number of hydrogen-bond acceptors (Lipinski definition) is 7. The first kappa shape index (κ1) is 17.0. The Bertz CT molecular complexity index is 1150. The maximum Gasteiger partial charge on any atom is 0.308 e. The number of carbonyl (C=O) groups is 1. The van der Waals surface area contributed by atoms with Gasteiger partial charge in [-0.05, 0) is 55.7 Å². The molecule has 128 valence electrons. The van der Waals surface area contributed by atoms with Crippen LogP contribution in [0.3, 0.4) is 0 Å². The van der Waals surface area contributed by atoms with Crippen LogP contribution in [0.4, 0.5) is 0 Å². The largest absolute Gasteiger partial charge is 0.426 e. The molecule has 0 spiro atoms. The third-order valence-electron chi connectivity index (χ3n) is 3.57. The summed E-state index contributed by atoms with van der Waals surface area (Å²) in [4.78, 5) is 39.3. The van der Waals surface area contributed by atoms with E-state index in [2.05, 4.69) is 10.1 Å². The summed E-state index contributed by atoms with van der Waals surface area (Å²) >= 11 is 1.10. The minimum atomic E-state index is -0.440. The average Bonchev–Trinajstić information content (AvgIpc) is 2.80. The van der Waals surface area contributed by atoms with Gasteiger partial charge in [0.15, 0.2) is 0 Å². The Kier molecular flexibility index (Phi) is 4.22. The highest BCUT2D eigenvalue weighted by Gasteiger charge is 2.10. The Morgan fingerprint density at radius 3 is 2.44 bits per heavy atom. The van der Waals surface area contributed by atoms with E-state index < -0.39 is 5.56 Å². The fraction of sp³-hybridized carbons (Fsp3) is 0.235. The van der Waals surface area contributed by atoms with Crippen LogP contribution >= 0.6 is 11.3 Å². The van der Waals surface area contributed by atoms with Crippen LogP contribution in [0.1, 0.15) is 29.3 Å². The Balaban J connectivity index is 2.17. The Hall–Kier alpha value is -2.87. The zero-order valence-electron chi connectivity index (χ0n) is 14.1. The maximum absolute atomic E-state index is 12.4. The lowest BCUT2D eigenvalue weighted by Gasteiger charge is -2.10. The van der Waals surface area contributed by atoms with Crippen LogP contribution < -0.4 is 20.4 Å². The van der Waals surface area contributed by atoms with Gasteiger partial charge in [-0.15, -0.1) is 0 Å². The molecule has 2 aromatic heterocycles. The van der Waals surface area contributed by atoms with Crippen molar-refractivity contribution in [3.8, 4) is 5.75 Å². The summed E-state index contributed by atoms with van der Waals surface area (Å²) in [6.07, 6.45) is 1.71. The molecule has 1 aromatic carbocycles. The van der Waals surface area contributed by atoms with Crippen LogP contribution in [0.15, 0.2) is 21.7 Å². The maximum atomic E-state index is 12.4. The van der Waals surface area contributed by atoms with Crippen LogP contribution in [-0.2, 0) is 4.79 Å². The second-order valence-corrected chi connectivity index (χ2v) is 6.70. The molecule has 25 heavy (non-hydrogen) atoms. The van der Waals surface area contributed by atoms with E-state index in [9.17, 15) is 14.4 Å². The fourth-order valence-electron chi connectivity index (χ4n) is 2.51. The van der Waals surface area contributed by atoms with Gasteiger partial charge in [-0.1, -0.05) is 11.3 Å². The molecule has 2 heterocycles. The number of fused-ring (bicyclic) bond motifs is 1. The molecule has 0 aliphatic heterocycles. The quantitative estimate of drug-likeness (QED) is 0.500. The molecule has 0 saturated heterocycles. The normalized spacial score (nSPS) is 11.9. The molecule has 0 unspecified atom stereocenters. The number of hydrogen-bond donors (Lipinski definition) is 0. The number of carbonyl (C=O) groups excluding carboxylic acids is 1. The van der Waals surface area contributed by atoms with E-state index in [-0.39, 0.29) is 22.2 Å². The van der Waals surface area contributed by atoms with E-state index in [4.69, 9.17) is 4.74 Å². The lowest BCUT2D eigenvalue weighted by atomic mass is 10.1. The number of aromatic nitrogens is 3. The van der Waals surface area contributed by atoms with Crippen LogP contribution in [0, 0.1) is 20.8 Å². The molecule has 7 nitrogen and oxygen atoms in total. The van der Waals surface area contributed by atoms with Crippen LogP contribution in [0.25, 0.3) is 11.0 Å². The van der Waals surface area contributed by atoms with Gasteiger partial charge in [-0.2, -0.15) is 14.6 Å². The number of ether oxygens (including phenoxy) is 1. The third kappa shape index (κ3) is 3.20. The summed E-state index contributed by atoms with van der Waals surface area (Å²) in [5.41, 5.74) is 1.78. The van der Waals surface area contributed by atoms with Crippen molar-refractivity contribution < 1.29 is 9.53 Å². The van der Waals surface area contributed by atoms with Gasteiger partial charge in [-0.25, -0.2) is 0 Å². The predicted octanol–water partition coefficient (Wildman–Crippen LogP) is 0.909. The van der Waals surface area contributed by atoms with Gasteiger partial charge in [0.25, 0.3) is 11.1 Å². The van der Waals surface area contributed by atoms with Crippen molar-refractivity contribution in [1.29, 1.82) is 0 Å². The minimum Gasteiger partial charge on any atom is -0.426 e. The van der Waals surface area contributed by atoms with E-state index in [0.29, 0.717) is 10.3 Å². The molecule has 8 heteroatoms. The molecule has 3 rings (SSSR count). The van der Waals surface area contributed by atoms with E-state index in [0.717, 1.165) is 32.5 Å². The molecule has 3 aromatic rings. The van der Waals surface area contributed by atoms with Crippen molar-refractivity contribution in [3.05, 3.63) is 59.8 Å². The average molecular weight is 357 g/mol. The van der Waals surface area contributed by atoms with E-state index in [1.165, 1.54) is 13.8 Å². The van der Waals surface area contributed by atoms with Crippen molar-refractivity contribution in [2.24, 2.45) is 0 Å². The first-order valence-electron chi connectivity index (χ1n) is 7.48. The molecular formula is C17H15N3O4S. The number of rotatable bonds is 2.